The van der Waals surface area contributed by atoms with Crippen LogP contribution in [0, 0.1) is 0 Å². The molecule has 2 aliphatic heterocycles. The van der Waals surface area contributed by atoms with Crippen molar-refractivity contribution in [2.75, 3.05) is 0 Å². The fourth-order valence-electron chi connectivity index (χ4n) is 3.30. The number of nitrogens with zero attached hydrogens (tertiary/aromatic N) is 4. The minimum absolute atomic E-state index is 0. The molecule has 0 saturated heterocycles. The maximum Gasteiger partial charge on any atom is 2.00 e. The topological polar surface area (TPSA) is 114 Å². The molecule has 3 N–H and O–H groups in total. The third-order valence-electron chi connectivity index (χ3n) is 5.06. The van der Waals surface area contributed by atoms with Gasteiger partial charge in [-0.3, -0.25) is 0 Å². The summed E-state index contributed by atoms with van der Waals surface area (Å²) in [7, 11) is 0. The van der Waals surface area contributed by atoms with E-state index in [0.717, 1.165) is 21.8 Å². The third kappa shape index (κ3) is 6.20. The Morgan fingerprint density at radius 2 is 1.31 bits per heavy atom. The van der Waals surface area contributed by atoms with Gasteiger partial charge in [-0.2, -0.15) is 17.5 Å². The predicted octanol–water partition coefficient (Wildman–Crippen LogP) is 5.14. The minimum atomic E-state index is -0.264. The first-order valence-corrected chi connectivity index (χ1v) is 10.5. The van der Waals surface area contributed by atoms with Crippen molar-refractivity contribution in [3.63, 3.8) is 0 Å². The fraction of sp³-hybridized carbons (Fsp3) is 0.0370. The van der Waals surface area contributed by atoms with Gasteiger partial charge in [-0.15, -0.1) is 16.5 Å². The van der Waals surface area contributed by atoms with Gasteiger partial charge in [0.2, 0.25) is 5.90 Å². The Kier molecular flexibility index (Phi) is 8.51. The van der Waals surface area contributed by atoms with Crippen LogP contribution in [0.25, 0.3) is 22.8 Å². The minimum Gasteiger partial charge on any atom is -0.665 e. The van der Waals surface area contributed by atoms with Crippen LogP contribution in [0.2, 0.25) is 0 Å². The van der Waals surface area contributed by atoms with Gasteiger partial charge < -0.3 is 26.0 Å². The fourth-order valence-corrected chi connectivity index (χ4v) is 3.30. The van der Waals surface area contributed by atoms with Gasteiger partial charge in [-0.25, -0.2) is 0 Å². The number of rotatable bonds is 3. The number of hydrogen-bond donors (Lipinski definition) is 3. The Morgan fingerprint density at radius 3 is 1.89 bits per heavy atom. The Hall–Kier alpha value is -4.26. The first-order chi connectivity index (χ1) is 16.5. The molecule has 3 aromatic carbocycles. The number of benzene rings is 3. The first-order valence-electron chi connectivity index (χ1n) is 10.5. The van der Waals surface area contributed by atoms with Crippen LogP contribution < -0.4 is 10.4 Å². The molecule has 8 heteroatoms. The zero-order valence-electron chi connectivity index (χ0n) is 18.7. The molecule has 0 aromatic heterocycles. The summed E-state index contributed by atoms with van der Waals surface area (Å²) in [4.78, 5) is 0. The van der Waals surface area contributed by atoms with E-state index in [-0.39, 0.29) is 34.5 Å². The van der Waals surface area contributed by atoms with E-state index in [1.54, 1.807) is 43.6 Å². The summed E-state index contributed by atoms with van der Waals surface area (Å²) in [6, 6.07) is 16.8. The van der Waals surface area contributed by atoms with E-state index in [0.29, 0.717) is 16.8 Å². The molecule has 5 rings (SSSR count). The van der Waals surface area contributed by atoms with Gasteiger partial charge in [0, 0.05) is 11.1 Å². The monoisotopic (exact) mass is 513 g/mol. The van der Waals surface area contributed by atoms with E-state index in [2.05, 4.69) is 45.1 Å². The van der Waals surface area contributed by atoms with E-state index in [9.17, 15) is 10.2 Å². The number of aliphatic hydroxyl groups is 1. The van der Waals surface area contributed by atoms with Gasteiger partial charge in [0.15, 0.2) is 0 Å². The molecule has 3 aromatic rings. The molecule has 7 nitrogen and oxygen atoms in total. The Labute approximate surface area is 213 Å². The van der Waals surface area contributed by atoms with Crippen LogP contribution in [0.15, 0.2) is 95.4 Å². The molecule has 0 fully saturated rings. The summed E-state index contributed by atoms with van der Waals surface area (Å²) in [5.41, 5.74) is 3.43. The van der Waals surface area contributed by atoms with Crippen LogP contribution in [-0.4, -0.2) is 26.9 Å². The van der Waals surface area contributed by atoms with Gasteiger partial charge in [0.25, 0.3) is 0 Å². The largest absolute Gasteiger partial charge is 2.00 e. The average molecular weight is 514 g/mol. The molecule has 0 saturated carbocycles. The van der Waals surface area contributed by atoms with Crippen LogP contribution >= 0.6 is 0 Å². The zero-order valence-corrected chi connectivity index (χ0v) is 19.6. The summed E-state index contributed by atoms with van der Waals surface area (Å²) < 4.78 is 0. The van der Waals surface area contributed by atoms with Gasteiger partial charge in [-0.05, 0) is 53.8 Å². The summed E-state index contributed by atoms with van der Waals surface area (Å²) in [6.45, 7) is 1.68. The number of para-hydroxylation sites is 1. The maximum atomic E-state index is 9.78. The van der Waals surface area contributed by atoms with E-state index < -0.39 is 0 Å². The van der Waals surface area contributed by atoms with Crippen molar-refractivity contribution >= 4 is 35.1 Å². The Morgan fingerprint density at radius 1 is 0.743 bits per heavy atom. The van der Waals surface area contributed by atoms with Crippen molar-refractivity contribution < 1.29 is 32.4 Å². The van der Waals surface area contributed by atoms with E-state index >= 15 is 0 Å². The second-order valence-corrected chi connectivity index (χ2v) is 7.39. The number of aromatic hydroxyl groups is 2. The number of allylic oxidation sites excluding steroid dienone is 2. The summed E-state index contributed by atoms with van der Waals surface area (Å²) in [5.74, 6) is -0.0525. The molecule has 0 bridgehead atoms. The summed E-state index contributed by atoms with van der Waals surface area (Å²) in [6.07, 6.45) is 11.6. The Bertz CT molecular complexity index is 1390. The molecular formula is C27H22CuN4O3. The van der Waals surface area contributed by atoms with E-state index in [1.165, 1.54) is 24.3 Å². The SMILES string of the molecule is C1=C[N-]c2c3c(ccc2=C1)=CC=C[N-]3.CC(=NN=C(O)c1ccc(O)cc1)c1ccccc1O.[Cu+2]. The van der Waals surface area contributed by atoms with Gasteiger partial charge >= 0.3 is 17.1 Å². The molecule has 0 amide bonds. The molecule has 1 radical (unpaired) electrons. The quantitative estimate of drug-likeness (QED) is 0.195. The third-order valence-corrected chi connectivity index (χ3v) is 5.06. The number of fused-ring (bicyclic) bond motifs is 3. The maximum absolute atomic E-state index is 9.78. The molecule has 0 atom stereocenters. The summed E-state index contributed by atoms with van der Waals surface area (Å²) >= 11 is 0. The second kappa shape index (κ2) is 11.7. The molecule has 35 heavy (non-hydrogen) atoms. The number of phenols is 2. The van der Waals surface area contributed by atoms with E-state index in [1.807, 2.05) is 12.2 Å². The normalized spacial score (nSPS) is 13.3. The molecular weight excluding hydrogens is 492 g/mol. The molecule has 0 aliphatic carbocycles. The molecule has 0 unspecified atom stereocenters. The van der Waals surface area contributed by atoms with Crippen molar-refractivity contribution in [3.05, 3.63) is 117 Å². The van der Waals surface area contributed by atoms with Crippen molar-refractivity contribution in [1.29, 1.82) is 0 Å². The number of aliphatic hydroxyl groups excluding tert-OH is 1. The second-order valence-electron chi connectivity index (χ2n) is 7.39. The van der Waals surface area contributed by atoms with Crippen LogP contribution in [0.4, 0.5) is 11.4 Å². The van der Waals surface area contributed by atoms with Crippen LogP contribution in [0.1, 0.15) is 18.1 Å². The molecule has 2 heterocycles. The van der Waals surface area contributed by atoms with E-state index in [4.69, 9.17) is 5.11 Å². The first kappa shape index (κ1) is 25.4. The summed E-state index contributed by atoms with van der Waals surface area (Å²) in [5, 5.41) is 47.2. The molecule has 0 spiro atoms. The molecule has 2 aliphatic rings. The van der Waals surface area contributed by atoms with Crippen molar-refractivity contribution in [2.24, 2.45) is 10.2 Å². The number of phenolic OH excluding ortho intramolecular Hbond substituents is 2. The van der Waals surface area contributed by atoms with Gasteiger partial charge in [-0.1, -0.05) is 48.6 Å². The van der Waals surface area contributed by atoms with Gasteiger partial charge in [0.05, 0.1) is 5.71 Å². The van der Waals surface area contributed by atoms with Crippen LogP contribution in [0.5, 0.6) is 11.5 Å². The smallest absolute Gasteiger partial charge is 0.665 e. The zero-order chi connectivity index (χ0) is 23.9. The number of hydrogen-bond acceptors (Lipinski definition) is 4. The average Bonchev–Trinajstić information content (AvgIpc) is 2.88. The van der Waals surface area contributed by atoms with Crippen molar-refractivity contribution in [3.8, 4) is 11.5 Å². The molecule has 179 valence electrons. The van der Waals surface area contributed by atoms with Crippen molar-refractivity contribution in [2.45, 2.75) is 6.92 Å². The van der Waals surface area contributed by atoms with Gasteiger partial charge in [0.1, 0.15) is 11.5 Å². The van der Waals surface area contributed by atoms with Crippen LogP contribution in [-0.2, 0) is 17.1 Å². The standard InChI is InChI=1S/C15H14N2O3.C12H8N2.Cu/c1-10(13-4-2-3-5-14(13)19)16-17-15(20)11-6-8-12(18)9-7-11;1-3-9-5-6-10-4-2-8-14-12(10)11(9)13-7-1;/h2-9,18-19H,1H3,(H,17,20);1-8H;/q;-2;+2. The Balaban J connectivity index is 0.000000200. The van der Waals surface area contributed by atoms with Crippen LogP contribution in [0.3, 0.4) is 0 Å². The van der Waals surface area contributed by atoms with Crippen molar-refractivity contribution in [1.82, 2.24) is 0 Å². The predicted molar refractivity (Wildman–Crippen MR) is 137 cm³/mol.